The van der Waals surface area contributed by atoms with E-state index in [1.54, 1.807) is 6.07 Å². The molecular weight excluding hydrogens is 231 g/mol. The van der Waals surface area contributed by atoms with E-state index >= 15 is 0 Å². The van der Waals surface area contributed by atoms with E-state index in [-0.39, 0.29) is 11.4 Å². The number of rotatable bonds is 0. The van der Waals surface area contributed by atoms with Crippen molar-refractivity contribution >= 4 is 0 Å². The summed E-state index contributed by atoms with van der Waals surface area (Å²) in [6, 6.07) is 4.42. The summed E-state index contributed by atoms with van der Waals surface area (Å²) in [5, 5.41) is 10.3. The van der Waals surface area contributed by atoms with Crippen molar-refractivity contribution in [1.82, 2.24) is 0 Å². The summed E-state index contributed by atoms with van der Waals surface area (Å²) >= 11 is 0. The maximum absolute atomic E-state index is 13.3. The van der Waals surface area contributed by atoms with Gasteiger partial charge in [-0.2, -0.15) is 0 Å². The van der Waals surface area contributed by atoms with Crippen molar-refractivity contribution in [1.29, 1.82) is 0 Å². The second-order valence-corrected chi connectivity index (χ2v) is 5.89. The Morgan fingerprint density at radius 3 is 3.00 bits per heavy atom. The summed E-state index contributed by atoms with van der Waals surface area (Å²) in [4.78, 5) is 0. The van der Waals surface area contributed by atoms with Gasteiger partial charge in [0.2, 0.25) is 0 Å². The second kappa shape index (κ2) is 4.23. The highest BCUT2D eigenvalue weighted by molar-refractivity contribution is 5.38. The van der Waals surface area contributed by atoms with Crippen LogP contribution in [0.15, 0.2) is 18.2 Å². The molecule has 0 aromatic heterocycles. The molecule has 18 heavy (non-hydrogen) atoms. The highest BCUT2D eigenvalue weighted by Crippen LogP contribution is 2.47. The Hall–Kier alpha value is -1.09. The third-order valence-corrected chi connectivity index (χ3v) is 4.28. The fourth-order valence-electron chi connectivity index (χ4n) is 3.50. The van der Waals surface area contributed by atoms with Gasteiger partial charge in [0, 0.05) is 18.1 Å². The molecule has 1 aromatic carbocycles. The van der Waals surface area contributed by atoms with Crippen LogP contribution in [-0.2, 0) is 0 Å². The first kappa shape index (κ1) is 12.0. The minimum Gasteiger partial charge on any atom is -0.487 e. The molecule has 1 aliphatic carbocycles. The van der Waals surface area contributed by atoms with Gasteiger partial charge in [-0.25, -0.2) is 4.39 Å². The van der Waals surface area contributed by atoms with Gasteiger partial charge in [-0.1, -0.05) is 13.3 Å². The molecule has 1 heterocycles. The lowest BCUT2D eigenvalue weighted by Gasteiger charge is -2.45. The molecule has 1 aliphatic heterocycles. The topological polar surface area (TPSA) is 29.5 Å². The van der Waals surface area contributed by atoms with Gasteiger partial charge in [-0.05, 0) is 37.3 Å². The Balaban J connectivity index is 1.94. The lowest BCUT2D eigenvalue weighted by Crippen LogP contribution is -2.44. The number of benzene rings is 1. The smallest absolute Gasteiger partial charge is 0.128 e. The average molecular weight is 250 g/mol. The van der Waals surface area contributed by atoms with Crippen LogP contribution in [0.5, 0.6) is 5.75 Å². The Bertz CT molecular complexity index is 460. The standard InChI is InChI=1S/C15H19FO2/c1-10-3-2-6-15(8-10)9-13(17)12-5-4-11(16)7-14(12)18-15/h4-5,7,10,13,17H,2-3,6,8-9H2,1H3. The van der Waals surface area contributed by atoms with E-state index in [0.29, 0.717) is 18.1 Å². The Morgan fingerprint density at radius 1 is 1.39 bits per heavy atom. The van der Waals surface area contributed by atoms with Crippen molar-refractivity contribution in [2.75, 3.05) is 0 Å². The molecule has 0 bridgehead atoms. The summed E-state index contributed by atoms with van der Waals surface area (Å²) in [5.41, 5.74) is 0.443. The summed E-state index contributed by atoms with van der Waals surface area (Å²) in [6.45, 7) is 2.22. The summed E-state index contributed by atoms with van der Waals surface area (Å²) < 4.78 is 19.4. The molecule has 1 spiro atoms. The predicted molar refractivity (Wildman–Crippen MR) is 67.0 cm³/mol. The zero-order valence-electron chi connectivity index (χ0n) is 10.7. The molecule has 0 amide bonds. The molecule has 1 aromatic rings. The Labute approximate surface area is 107 Å². The van der Waals surface area contributed by atoms with Crippen molar-refractivity contribution < 1.29 is 14.2 Å². The minimum absolute atomic E-state index is 0.280. The molecule has 1 fully saturated rings. The van der Waals surface area contributed by atoms with Crippen LogP contribution in [0.4, 0.5) is 4.39 Å². The van der Waals surface area contributed by atoms with E-state index in [0.717, 1.165) is 24.8 Å². The highest BCUT2D eigenvalue weighted by atomic mass is 19.1. The van der Waals surface area contributed by atoms with Crippen LogP contribution < -0.4 is 4.74 Å². The van der Waals surface area contributed by atoms with Gasteiger partial charge in [0.15, 0.2) is 0 Å². The second-order valence-electron chi connectivity index (χ2n) is 5.89. The van der Waals surface area contributed by atoms with Gasteiger partial charge >= 0.3 is 0 Å². The van der Waals surface area contributed by atoms with E-state index in [9.17, 15) is 9.50 Å². The number of aliphatic hydroxyl groups is 1. The van der Waals surface area contributed by atoms with Crippen molar-refractivity contribution in [3.05, 3.63) is 29.6 Å². The van der Waals surface area contributed by atoms with Crippen molar-refractivity contribution in [3.8, 4) is 5.75 Å². The first-order valence-corrected chi connectivity index (χ1v) is 6.74. The molecule has 1 saturated carbocycles. The van der Waals surface area contributed by atoms with Crippen LogP contribution in [-0.4, -0.2) is 10.7 Å². The number of halogens is 1. The average Bonchev–Trinajstić information content (AvgIpc) is 2.27. The zero-order chi connectivity index (χ0) is 12.8. The van der Waals surface area contributed by atoms with E-state index in [2.05, 4.69) is 6.92 Å². The van der Waals surface area contributed by atoms with Gasteiger partial charge in [-0.15, -0.1) is 0 Å². The van der Waals surface area contributed by atoms with Crippen molar-refractivity contribution in [2.24, 2.45) is 5.92 Å². The number of hydrogen-bond donors (Lipinski definition) is 1. The molecule has 3 rings (SSSR count). The lowest BCUT2D eigenvalue weighted by atomic mass is 9.74. The fraction of sp³-hybridized carbons (Fsp3) is 0.600. The first-order chi connectivity index (χ1) is 8.58. The van der Waals surface area contributed by atoms with Crippen LogP contribution in [0.2, 0.25) is 0 Å². The van der Waals surface area contributed by atoms with Crippen LogP contribution in [0, 0.1) is 11.7 Å². The molecule has 0 saturated heterocycles. The third-order valence-electron chi connectivity index (χ3n) is 4.28. The van der Waals surface area contributed by atoms with E-state index < -0.39 is 6.10 Å². The molecule has 3 atom stereocenters. The molecule has 1 N–H and O–H groups in total. The quantitative estimate of drug-likeness (QED) is 0.762. The summed E-state index contributed by atoms with van der Waals surface area (Å²) in [6.07, 6.45) is 4.37. The SMILES string of the molecule is CC1CCCC2(C1)CC(O)c1ccc(F)cc1O2. The Kier molecular flexibility index (Phi) is 2.81. The van der Waals surface area contributed by atoms with E-state index in [4.69, 9.17) is 4.74 Å². The number of fused-ring (bicyclic) bond motifs is 1. The first-order valence-electron chi connectivity index (χ1n) is 6.74. The normalized spacial score (nSPS) is 35.1. The molecule has 98 valence electrons. The maximum Gasteiger partial charge on any atom is 0.128 e. The van der Waals surface area contributed by atoms with Gasteiger partial charge in [0.1, 0.15) is 17.2 Å². The number of hydrogen-bond acceptors (Lipinski definition) is 2. The molecule has 3 heteroatoms. The highest BCUT2D eigenvalue weighted by Gasteiger charge is 2.43. The van der Waals surface area contributed by atoms with Crippen molar-refractivity contribution in [2.45, 2.75) is 50.7 Å². The van der Waals surface area contributed by atoms with Crippen LogP contribution in [0.1, 0.15) is 50.7 Å². The summed E-state index contributed by atoms with van der Waals surface area (Å²) in [7, 11) is 0. The maximum atomic E-state index is 13.3. The van der Waals surface area contributed by atoms with Crippen LogP contribution in [0.25, 0.3) is 0 Å². The number of aliphatic hydroxyl groups excluding tert-OH is 1. The van der Waals surface area contributed by atoms with Crippen LogP contribution in [0.3, 0.4) is 0 Å². The molecular formula is C15H19FO2. The third kappa shape index (κ3) is 2.01. The van der Waals surface area contributed by atoms with E-state index in [1.807, 2.05) is 0 Å². The van der Waals surface area contributed by atoms with E-state index in [1.165, 1.54) is 18.6 Å². The van der Waals surface area contributed by atoms with Gasteiger partial charge in [0.05, 0.1) is 6.10 Å². The minimum atomic E-state index is -0.528. The monoisotopic (exact) mass is 250 g/mol. The molecule has 2 aliphatic rings. The fourth-order valence-corrected chi connectivity index (χ4v) is 3.50. The predicted octanol–water partition coefficient (Wildman–Crippen LogP) is 3.59. The van der Waals surface area contributed by atoms with Crippen molar-refractivity contribution in [3.63, 3.8) is 0 Å². The molecule has 3 unspecified atom stereocenters. The molecule has 0 radical (unpaired) electrons. The number of ether oxygens (including phenoxy) is 1. The Morgan fingerprint density at radius 2 is 2.22 bits per heavy atom. The zero-order valence-corrected chi connectivity index (χ0v) is 10.7. The van der Waals surface area contributed by atoms with Gasteiger partial charge in [-0.3, -0.25) is 0 Å². The van der Waals surface area contributed by atoms with Gasteiger partial charge in [0.25, 0.3) is 0 Å². The molecule has 2 nitrogen and oxygen atoms in total. The van der Waals surface area contributed by atoms with Gasteiger partial charge < -0.3 is 9.84 Å². The summed E-state index contributed by atoms with van der Waals surface area (Å²) in [5.74, 6) is 0.839. The largest absolute Gasteiger partial charge is 0.487 e. The lowest BCUT2D eigenvalue weighted by molar-refractivity contribution is -0.0498. The van der Waals surface area contributed by atoms with Crippen LogP contribution >= 0.6 is 0 Å².